The Morgan fingerprint density at radius 1 is 1.11 bits per heavy atom. The van der Waals surface area contributed by atoms with Crippen molar-refractivity contribution < 1.29 is 9.59 Å². The number of amides is 2. The third-order valence-corrected chi connectivity index (χ3v) is 9.06. The average Bonchev–Trinajstić information content (AvgIpc) is 3.17. The molecule has 1 aromatic carbocycles. The SMILES string of the molecule is CC[C@@H]1CCCCN1CC(=O)Nc1sc2c(c1C(=O)Nc1ccc(Cl)cc1)CC[C@H](C(C)(C)C)C2. The molecule has 4 rings (SSSR count). The summed E-state index contributed by atoms with van der Waals surface area (Å²) < 4.78 is 0. The van der Waals surface area contributed by atoms with Gasteiger partial charge in [-0.2, -0.15) is 0 Å². The number of fused-ring (bicyclic) bond motifs is 1. The maximum atomic E-state index is 13.5. The Morgan fingerprint density at radius 3 is 2.54 bits per heavy atom. The first kappa shape index (κ1) is 26.2. The molecule has 2 heterocycles. The topological polar surface area (TPSA) is 61.4 Å². The summed E-state index contributed by atoms with van der Waals surface area (Å²) in [4.78, 5) is 30.2. The number of nitrogens with one attached hydrogen (secondary N) is 2. The van der Waals surface area contributed by atoms with E-state index in [1.54, 1.807) is 35.6 Å². The van der Waals surface area contributed by atoms with Gasteiger partial charge in [0.2, 0.25) is 5.91 Å². The maximum Gasteiger partial charge on any atom is 0.258 e. The van der Waals surface area contributed by atoms with Crippen molar-refractivity contribution >= 4 is 45.4 Å². The molecule has 2 amide bonds. The van der Waals surface area contributed by atoms with Crippen LogP contribution < -0.4 is 10.6 Å². The van der Waals surface area contributed by atoms with E-state index in [0.717, 1.165) is 50.6 Å². The zero-order chi connectivity index (χ0) is 25.2. The largest absolute Gasteiger partial charge is 0.322 e. The third-order valence-electron chi connectivity index (χ3n) is 7.64. The van der Waals surface area contributed by atoms with Crippen LogP contribution in [0.4, 0.5) is 10.7 Å². The highest BCUT2D eigenvalue weighted by atomic mass is 35.5. The van der Waals surface area contributed by atoms with Crippen LogP contribution in [0.25, 0.3) is 0 Å². The Morgan fingerprint density at radius 2 is 1.86 bits per heavy atom. The van der Waals surface area contributed by atoms with Crippen LogP contribution in [-0.4, -0.2) is 35.8 Å². The molecular formula is C28H38ClN3O2S. The van der Waals surface area contributed by atoms with Crippen LogP contribution in [0.5, 0.6) is 0 Å². The molecule has 190 valence electrons. The van der Waals surface area contributed by atoms with Crippen LogP contribution in [-0.2, 0) is 17.6 Å². The number of hydrogen-bond acceptors (Lipinski definition) is 4. The lowest BCUT2D eigenvalue weighted by atomic mass is 9.72. The number of hydrogen-bond donors (Lipinski definition) is 2. The molecule has 35 heavy (non-hydrogen) atoms. The molecule has 1 aliphatic heterocycles. The summed E-state index contributed by atoms with van der Waals surface area (Å²) in [6, 6.07) is 7.59. The van der Waals surface area contributed by atoms with Gasteiger partial charge in [0.1, 0.15) is 5.00 Å². The number of piperidine rings is 1. The van der Waals surface area contributed by atoms with Crippen molar-refractivity contribution in [3.05, 3.63) is 45.3 Å². The number of carbonyl (C=O) groups is 2. The van der Waals surface area contributed by atoms with Gasteiger partial charge in [0.05, 0.1) is 12.1 Å². The molecule has 0 spiro atoms. The second-order valence-electron chi connectivity index (χ2n) is 11.1. The molecule has 2 aromatic rings. The molecular weight excluding hydrogens is 478 g/mol. The number of thiophene rings is 1. The number of likely N-dealkylation sites (tertiary alicyclic amines) is 1. The van der Waals surface area contributed by atoms with E-state index in [0.29, 0.717) is 39.8 Å². The van der Waals surface area contributed by atoms with Gasteiger partial charge >= 0.3 is 0 Å². The predicted molar refractivity (Wildman–Crippen MR) is 147 cm³/mol. The Labute approximate surface area is 218 Å². The fraction of sp³-hybridized carbons (Fsp3) is 0.571. The quantitative estimate of drug-likeness (QED) is 0.435. The van der Waals surface area contributed by atoms with E-state index in [4.69, 9.17) is 11.6 Å². The Hall–Kier alpha value is -1.89. The highest BCUT2D eigenvalue weighted by Crippen LogP contribution is 2.44. The summed E-state index contributed by atoms with van der Waals surface area (Å²) in [7, 11) is 0. The molecule has 1 fully saturated rings. The molecule has 1 saturated heterocycles. The van der Waals surface area contributed by atoms with E-state index < -0.39 is 0 Å². The first-order valence-corrected chi connectivity index (χ1v) is 14.1. The Balaban J connectivity index is 1.58. The second kappa shape index (κ2) is 11.0. The number of halogens is 1. The zero-order valence-corrected chi connectivity index (χ0v) is 23.0. The molecule has 0 bridgehead atoms. The van der Waals surface area contributed by atoms with E-state index in [-0.39, 0.29) is 17.2 Å². The maximum absolute atomic E-state index is 13.5. The van der Waals surface area contributed by atoms with E-state index in [1.165, 1.54) is 11.3 Å². The summed E-state index contributed by atoms with van der Waals surface area (Å²) in [5.74, 6) is 0.360. The van der Waals surface area contributed by atoms with Gasteiger partial charge in [0.25, 0.3) is 5.91 Å². The summed E-state index contributed by atoms with van der Waals surface area (Å²) in [5.41, 5.74) is 2.63. The monoisotopic (exact) mass is 515 g/mol. The van der Waals surface area contributed by atoms with Gasteiger partial charge in [0.15, 0.2) is 0 Å². The molecule has 0 radical (unpaired) electrons. The van der Waals surface area contributed by atoms with Crippen molar-refractivity contribution in [2.45, 2.75) is 78.7 Å². The average molecular weight is 516 g/mol. The van der Waals surface area contributed by atoms with Gasteiger partial charge in [-0.3, -0.25) is 14.5 Å². The molecule has 0 saturated carbocycles. The highest BCUT2D eigenvalue weighted by Gasteiger charge is 2.34. The minimum absolute atomic E-state index is 0.0307. The minimum atomic E-state index is -0.168. The van der Waals surface area contributed by atoms with Gasteiger partial charge < -0.3 is 10.6 Å². The predicted octanol–water partition coefficient (Wildman–Crippen LogP) is 7.01. The Bertz CT molecular complexity index is 1060. The number of rotatable bonds is 6. The third kappa shape index (κ3) is 6.28. The summed E-state index contributed by atoms with van der Waals surface area (Å²) in [6.45, 7) is 10.4. The smallest absolute Gasteiger partial charge is 0.258 e. The molecule has 5 nitrogen and oxygen atoms in total. The van der Waals surface area contributed by atoms with E-state index in [9.17, 15) is 9.59 Å². The van der Waals surface area contributed by atoms with Crippen molar-refractivity contribution in [2.75, 3.05) is 23.7 Å². The van der Waals surface area contributed by atoms with Crippen LogP contribution in [0.15, 0.2) is 24.3 Å². The van der Waals surface area contributed by atoms with Crippen LogP contribution >= 0.6 is 22.9 Å². The molecule has 2 N–H and O–H groups in total. The number of anilines is 2. The van der Waals surface area contributed by atoms with Crippen molar-refractivity contribution in [3.63, 3.8) is 0 Å². The Kier molecular flexibility index (Phi) is 8.24. The van der Waals surface area contributed by atoms with Crippen molar-refractivity contribution in [1.29, 1.82) is 0 Å². The summed E-state index contributed by atoms with van der Waals surface area (Å²) in [6.07, 6.45) is 7.44. The molecule has 2 atom stereocenters. The molecule has 2 aliphatic rings. The van der Waals surface area contributed by atoms with Gasteiger partial charge in [-0.25, -0.2) is 0 Å². The van der Waals surface area contributed by atoms with Crippen LogP contribution in [0.2, 0.25) is 5.02 Å². The highest BCUT2D eigenvalue weighted by molar-refractivity contribution is 7.17. The lowest BCUT2D eigenvalue weighted by Gasteiger charge is -2.34. The van der Waals surface area contributed by atoms with Gasteiger partial charge in [0, 0.05) is 21.6 Å². The van der Waals surface area contributed by atoms with Crippen molar-refractivity contribution in [2.24, 2.45) is 11.3 Å². The lowest BCUT2D eigenvalue weighted by molar-refractivity contribution is -0.118. The van der Waals surface area contributed by atoms with E-state index >= 15 is 0 Å². The standard InChI is InChI=1S/C28H38ClN3O2S/c1-5-21-8-6-7-15-32(21)17-24(33)31-27-25(26(34)30-20-12-10-19(29)11-13-20)22-14-9-18(28(2,3)4)16-23(22)35-27/h10-13,18,21H,5-9,14-17H2,1-4H3,(H,30,34)(H,31,33)/t18-,21+/m0/s1. The molecule has 1 aromatic heterocycles. The lowest BCUT2D eigenvalue weighted by Crippen LogP contribution is -2.43. The number of carbonyl (C=O) groups excluding carboxylic acids is 2. The second-order valence-corrected chi connectivity index (χ2v) is 12.6. The molecule has 7 heteroatoms. The normalized spacial score (nSPS) is 20.8. The fourth-order valence-electron chi connectivity index (χ4n) is 5.46. The first-order valence-electron chi connectivity index (χ1n) is 12.9. The van der Waals surface area contributed by atoms with Crippen molar-refractivity contribution in [1.82, 2.24) is 4.90 Å². The van der Waals surface area contributed by atoms with Crippen LogP contribution in [0.1, 0.15) is 80.6 Å². The van der Waals surface area contributed by atoms with E-state index in [2.05, 4.69) is 43.2 Å². The number of benzene rings is 1. The van der Waals surface area contributed by atoms with Gasteiger partial charge in [-0.1, -0.05) is 45.7 Å². The molecule has 1 aliphatic carbocycles. The van der Waals surface area contributed by atoms with Crippen LogP contribution in [0.3, 0.4) is 0 Å². The van der Waals surface area contributed by atoms with Gasteiger partial charge in [-0.15, -0.1) is 11.3 Å². The summed E-state index contributed by atoms with van der Waals surface area (Å²) >= 11 is 7.60. The molecule has 0 unspecified atom stereocenters. The number of nitrogens with zero attached hydrogens (tertiary/aromatic N) is 1. The van der Waals surface area contributed by atoms with E-state index in [1.807, 2.05) is 0 Å². The van der Waals surface area contributed by atoms with Crippen molar-refractivity contribution in [3.8, 4) is 0 Å². The van der Waals surface area contributed by atoms with Gasteiger partial charge in [-0.05, 0) is 86.2 Å². The summed E-state index contributed by atoms with van der Waals surface area (Å²) in [5, 5.41) is 7.48. The fourth-order valence-corrected chi connectivity index (χ4v) is 6.93. The first-order chi connectivity index (χ1) is 16.7. The van der Waals surface area contributed by atoms with Crippen LogP contribution in [0, 0.1) is 11.3 Å². The zero-order valence-electron chi connectivity index (χ0n) is 21.4. The minimum Gasteiger partial charge on any atom is -0.322 e.